The van der Waals surface area contributed by atoms with Gasteiger partial charge in [0.25, 0.3) is 5.91 Å². The van der Waals surface area contributed by atoms with Crippen molar-refractivity contribution in [2.45, 2.75) is 32.1 Å². The van der Waals surface area contributed by atoms with E-state index < -0.39 is 0 Å². The Morgan fingerprint density at radius 2 is 2.21 bits per heavy atom. The maximum absolute atomic E-state index is 12.4. The predicted molar refractivity (Wildman–Crippen MR) is 94.1 cm³/mol. The van der Waals surface area contributed by atoms with Crippen LogP contribution in [0.2, 0.25) is 0 Å². The molecule has 1 atom stereocenters. The molecule has 0 saturated heterocycles. The molecular formula is C19H24N2O3. The molecule has 1 heterocycles. The summed E-state index contributed by atoms with van der Waals surface area (Å²) in [6, 6.07) is 5.86. The quantitative estimate of drug-likeness (QED) is 0.865. The van der Waals surface area contributed by atoms with E-state index in [1.54, 1.807) is 4.90 Å². The van der Waals surface area contributed by atoms with E-state index in [9.17, 15) is 9.59 Å². The normalized spacial score (nSPS) is 19.7. The highest BCUT2D eigenvalue weighted by atomic mass is 16.5. The van der Waals surface area contributed by atoms with Gasteiger partial charge in [-0.2, -0.15) is 0 Å². The summed E-state index contributed by atoms with van der Waals surface area (Å²) in [6.45, 7) is 0.768. The lowest BCUT2D eigenvalue weighted by atomic mass is 9.93. The molecule has 3 rings (SSSR count). The molecule has 0 saturated carbocycles. The molecule has 0 radical (unpaired) electrons. The lowest BCUT2D eigenvalue weighted by molar-refractivity contribution is -0.122. The smallest absolute Gasteiger partial charge is 0.252 e. The van der Waals surface area contributed by atoms with Gasteiger partial charge in [0.1, 0.15) is 6.61 Å². The zero-order valence-electron chi connectivity index (χ0n) is 14.1. The van der Waals surface area contributed by atoms with E-state index in [-0.39, 0.29) is 24.3 Å². The number of methoxy groups -OCH3 is 1. The molecule has 2 amide bonds. The van der Waals surface area contributed by atoms with Crippen LogP contribution in [-0.2, 0) is 20.7 Å². The highest BCUT2D eigenvalue weighted by Gasteiger charge is 2.24. The van der Waals surface area contributed by atoms with E-state index in [1.807, 2.05) is 18.2 Å². The van der Waals surface area contributed by atoms with E-state index in [4.69, 9.17) is 4.74 Å². The molecule has 1 aliphatic heterocycles. The average molecular weight is 328 g/mol. The third-order valence-electron chi connectivity index (χ3n) is 4.68. The monoisotopic (exact) mass is 328 g/mol. The summed E-state index contributed by atoms with van der Waals surface area (Å²) in [5.41, 5.74) is 2.79. The number of allylic oxidation sites excluding steroid dienone is 2. The molecule has 1 aliphatic carbocycles. The Bertz CT molecular complexity index is 654. The second kappa shape index (κ2) is 7.62. The Morgan fingerprint density at radius 1 is 1.33 bits per heavy atom. The predicted octanol–water partition coefficient (Wildman–Crippen LogP) is 2.91. The van der Waals surface area contributed by atoms with E-state index in [1.165, 1.54) is 7.11 Å². The summed E-state index contributed by atoms with van der Waals surface area (Å²) in [7, 11) is 1.53. The SMILES string of the molecule is COCC(=O)N1CCCc2ccc(NC(=O)[C@H]3CC=CCC3)cc21. The molecule has 1 aromatic carbocycles. The number of carbonyl (C=O) groups is 2. The minimum atomic E-state index is -0.0423. The summed E-state index contributed by atoms with van der Waals surface area (Å²) < 4.78 is 4.98. The van der Waals surface area contributed by atoms with Gasteiger partial charge in [0, 0.05) is 30.9 Å². The number of nitrogens with one attached hydrogen (secondary N) is 1. The third kappa shape index (κ3) is 3.67. The molecule has 128 valence electrons. The summed E-state index contributed by atoms with van der Waals surface area (Å²) >= 11 is 0. The van der Waals surface area contributed by atoms with Gasteiger partial charge in [0.15, 0.2) is 0 Å². The molecule has 0 fully saturated rings. The van der Waals surface area contributed by atoms with Crippen molar-refractivity contribution in [3.63, 3.8) is 0 Å². The Labute approximate surface area is 142 Å². The number of fused-ring (bicyclic) bond motifs is 1. The first kappa shape index (κ1) is 16.7. The Balaban J connectivity index is 1.76. The molecule has 0 aromatic heterocycles. The van der Waals surface area contributed by atoms with Crippen LogP contribution in [-0.4, -0.2) is 32.1 Å². The zero-order chi connectivity index (χ0) is 16.9. The van der Waals surface area contributed by atoms with Gasteiger partial charge >= 0.3 is 0 Å². The number of hydrogen-bond acceptors (Lipinski definition) is 3. The van der Waals surface area contributed by atoms with Crippen LogP contribution in [0.5, 0.6) is 0 Å². The van der Waals surface area contributed by atoms with Crippen LogP contribution in [0.3, 0.4) is 0 Å². The van der Waals surface area contributed by atoms with Crippen LogP contribution in [0.1, 0.15) is 31.2 Å². The van der Waals surface area contributed by atoms with Crippen LogP contribution in [0.15, 0.2) is 30.4 Å². The summed E-state index contributed by atoms with van der Waals surface area (Å²) in [5, 5.41) is 3.01. The van der Waals surface area contributed by atoms with Crippen molar-refractivity contribution in [1.82, 2.24) is 0 Å². The largest absolute Gasteiger partial charge is 0.375 e. The Kier molecular flexibility index (Phi) is 5.30. The molecule has 0 bridgehead atoms. The Hall–Kier alpha value is -2.14. The van der Waals surface area contributed by atoms with E-state index in [2.05, 4.69) is 17.5 Å². The van der Waals surface area contributed by atoms with Gasteiger partial charge in [-0.3, -0.25) is 9.59 Å². The van der Waals surface area contributed by atoms with Crippen molar-refractivity contribution < 1.29 is 14.3 Å². The fourth-order valence-electron chi connectivity index (χ4n) is 3.39. The number of ether oxygens (including phenoxy) is 1. The maximum atomic E-state index is 12.4. The van der Waals surface area contributed by atoms with Crippen LogP contribution < -0.4 is 10.2 Å². The summed E-state index contributed by atoms with van der Waals surface area (Å²) in [5.74, 6) is 0.0569. The number of carbonyl (C=O) groups excluding carboxylic acids is 2. The van der Waals surface area contributed by atoms with Gasteiger partial charge in [-0.1, -0.05) is 18.2 Å². The number of hydrogen-bond donors (Lipinski definition) is 1. The standard InChI is InChI=1S/C19H24N2O3/c1-24-13-18(22)21-11-5-8-14-9-10-16(12-17(14)21)20-19(23)15-6-3-2-4-7-15/h2-3,9-10,12,15H,4-8,11,13H2,1H3,(H,20,23)/t15-/m0/s1. The number of nitrogens with zero attached hydrogens (tertiary/aromatic N) is 1. The van der Waals surface area contributed by atoms with Crippen LogP contribution in [0.4, 0.5) is 11.4 Å². The van der Waals surface area contributed by atoms with E-state index >= 15 is 0 Å². The van der Waals surface area contributed by atoms with Crippen molar-refractivity contribution in [2.24, 2.45) is 5.92 Å². The van der Waals surface area contributed by atoms with Gasteiger partial charge in [-0.15, -0.1) is 0 Å². The number of aryl methyl sites for hydroxylation is 1. The summed E-state index contributed by atoms with van der Waals surface area (Å²) in [6.07, 6.45) is 8.76. The number of benzene rings is 1. The van der Waals surface area contributed by atoms with Crippen LogP contribution >= 0.6 is 0 Å². The first-order valence-corrected chi connectivity index (χ1v) is 8.57. The van der Waals surface area contributed by atoms with Crippen molar-refractivity contribution >= 4 is 23.2 Å². The molecule has 1 aromatic rings. The minimum Gasteiger partial charge on any atom is -0.375 e. The minimum absolute atomic E-state index is 0.0391. The second-order valence-corrected chi connectivity index (χ2v) is 6.40. The molecule has 0 spiro atoms. The lowest BCUT2D eigenvalue weighted by Gasteiger charge is -2.30. The van der Waals surface area contributed by atoms with Gasteiger partial charge in [-0.05, 0) is 49.8 Å². The van der Waals surface area contributed by atoms with Crippen LogP contribution in [0, 0.1) is 5.92 Å². The first-order valence-electron chi connectivity index (χ1n) is 8.57. The molecule has 5 nitrogen and oxygen atoms in total. The van der Waals surface area contributed by atoms with E-state index in [0.29, 0.717) is 6.54 Å². The van der Waals surface area contributed by atoms with Gasteiger partial charge in [-0.25, -0.2) is 0 Å². The number of rotatable bonds is 4. The van der Waals surface area contributed by atoms with Gasteiger partial charge < -0.3 is 15.0 Å². The number of anilines is 2. The highest BCUT2D eigenvalue weighted by Crippen LogP contribution is 2.31. The molecular weight excluding hydrogens is 304 g/mol. The van der Waals surface area contributed by atoms with Crippen molar-refractivity contribution in [3.8, 4) is 0 Å². The molecule has 1 N–H and O–H groups in total. The van der Waals surface area contributed by atoms with Crippen molar-refractivity contribution in [3.05, 3.63) is 35.9 Å². The fraction of sp³-hybridized carbons (Fsp3) is 0.474. The average Bonchev–Trinajstić information content (AvgIpc) is 2.62. The van der Waals surface area contributed by atoms with Crippen molar-refractivity contribution in [2.75, 3.05) is 30.5 Å². The van der Waals surface area contributed by atoms with Gasteiger partial charge in [0.05, 0.1) is 0 Å². The molecule has 5 heteroatoms. The highest BCUT2D eigenvalue weighted by molar-refractivity contribution is 5.98. The maximum Gasteiger partial charge on any atom is 0.252 e. The summed E-state index contributed by atoms with van der Waals surface area (Å²) in [4.78, 5) is 26.4. The number of amides is 2. The first-order chi connectivity index (χ1) is 11.7. The molecule has 0 unspecified atom stereocenters. The zero-order valence-corrected chi connectivity index (χ0v) is 14.1. The Morgan fingerprint density at radius 3 is 2.96 bits per heavy atom. The molecule has 2 aliphatic rings. The lowest BCUT2D eigenvalue weighted by Crippen LogP contribution is -2.37. The fourth-order valence-corrected chi connectivity index (χ4v) is 3.39. The third-order valence-corrected chi connectivity index (χ3v) is 4.68. The van der Waals surface area contributed by atoms with Crippen molar-refractivity contribution in [1.29, 1.82) is 0 Å². The topological polar surface area (TPSA) is 58.6 Å². The van der Waals surface area contributed by atoms with E-state index in [0.717, 1.165) is 49.0 Å². The van der Waals surface area contributed by atoms with Crippen LogP contribution in [0.25, 0.3) is 0 Å². The molecule has 24 heavy (non-hydrogen) atoms. The second-order valence-electron chi connectivity index (χ2n) is 6.40. The van der Waals surface area contributed by atoms with Gasteiger partial charge in [0.2, 0.25) is 5.91 Å².